The van der Waals surface area contributed by atoms with Crippen LogP contribution >= 0.6 is 0 Å². The summed E-state index contributed by atoms with van der Waals surface area (Å²) < 4.78 is 0. The van der Waals surface area contributed by atoms with Crippen molar-refractivity contribution < 1.29 is 14.4 Å². The highest BCUT2D eigenvalue weighted by atomic mass is 16.2. The standard InChI is InChI=1S/C21H18N4O3/c22-12-15-6-8-17(9-7-15)19(26)23-10-11-24-18(14-23)20(27)25(21(24)28)13-16-4-2-1-3-5-16/h1-9,18H,10-11,13-14H2/t18-/m0/s1. The number of urea groups is 1. The van der Waals surface area contributed by atoms with Crippen LogP contribution in [0.2, 0.25) is 0 Å². The number of nitrogens with zero attached hydrogens (tertiary/aromatic N) is 4. The van der Waals surface area contributed by atoms with Gasteiger partial charge in [-0.25, -0.2) is 4.79 Å². The van der Waals surface area contributed by atoms with Crippen LogP contribution in [0.4, 0.5) is 4.79 Å². The largest absolute Gasteiger partial charge is 0.334 e. The first-order valence-electron chi connectivity index (χ1n) is 9.04. The normalized spacial score (nSPS) is 18.8. The smallest absolute Gasteiger partial charge is 0.327 e. The minimum absolute atomic E-state index is 0.175. The molecule has 0 aromatic heterocycles. The van der Waals surface area contributed by atoms with E-state index in [0.717, 1.165) is 5.56 Å². The zero-order chi connectivity index (χ0) is 19.7. The Bertz CT molecular complexity index is 965. The van der Waals surface area contributed by atoms with Gasteiger partial charge in [-0.15, -0.1) is 0 Å². The van der Waals surface area contributed by atoms with Gasteiger partial charge in [0, 0.05) is 18.7 Å². The Hall–Kier alpha value is -3.66. The fourth-order valence-electron chi connectivity index (χ4n) is 3.62. The number of hydrogen-bond acceptors (Lipinski definition) is 4. The monoisotopic (exact) mass is 374 g/mol. The lowest BCUT2D eigenvalue weighted by Gasteiger charge is -2.35. The van der Waals surface area contributed by atoms with Crippen molar-refractivity contribution in [1.29, 1.82) is 5.26 Å². The Balaban J connectivity index is 1.48. The van der Waals surface area contributed by atoms with E-state index in [1.165, 1.54) is 4.90 Å². The first-order chi connectivity index (χ1) is 13.6. The lowest BCUT2D eigenvalue weighted by Crippen LogP contribution is -2.54. The maximum absolute atomic E-state index is 12.8. The number of amides is 4. The molecule has 4 rings (SSSR count). The molecule has 140 valence electrons. The summed E-state index contributed by atoms with van der Waals surface area (Å²) in [5, 5.41) is 8.88. The predicted molar refractivity (Wildman–Crippen MR) is 99.9 cm³/mol. The van der Waals surface area contributed by atoms with Gasteiger partial charge in [0.05, 0.1) is 24.7 Å². The van der Waals surface area contributed by atoms with Crippen LogP contribution in [0.1, 0.15) is 21.5 Å². The first kappa shape index (κ1) is 17.7. The molecule has 2 fully saturated rings. The SMILES string of the molecule is N#Cc1ccc(C(=O)N2CCN3C(=O)N(Cc4ccccc4)C(=O)[C@@H]3C2)cc1. The van der Waals surface area contributed by atoms with Crippen LogP contribution in [0.15, 0.2) is 54.6 Å². The summed E-state index contributed by atoms with van der Waals surface area (Å²) in [6.07, 6.45) is 0. The van der Waals surface area contributed by atoms with Crippen molar-refractivity contribution in [1.82, 2.24) is 14.7 Å². The van der Waals surface area contributed by atoms with Gasteiger partial charge in [0.25, 0.3) is 11.8 Å². The lowest BCUT2D eigenvalue weighted by atomic mass is 10.1. The van der Waals surface area contributed by atoms with Crippen molar-refractivity contribution in [2.45, 2.75) is 12.6 Å². The first-order valence-corrected chi connectivity index (χ1v) is 9.04. The summed E-state index contributed by atoms with van der Waals surface area (Å²) in [5.74, 6) is -0.475. The summed E-state index contributed by atoms with van der Waals surface area (Å²) >= 11 is 0. The molecule has 0 aliphatic carbocycles. The van der Waals surface area contributed by atoms with Gasteiger partial charge in [0.15, 0.2) is 0 Å². The van der Waals surface area contributed by atoms with Crippen LogP contribution < -0.4 is 0 Å². The highest BCUT2D eigenvalue weighted by Gasteiger charge is 2.48. The Morgan fingerprint density at radius 2 is 1.75 bits per heavy atom. The van der Waals surface area contributed by atoms with Gasteiger partial charge in [-0.2, -0.15) is 5.26 Å². The van der Waals surface area contributed by atoms with E-state index in [2.05, 4.69) is 0 Å². The van der Waals surface area contributed by atoms with Gasteiger partial charge in [0.1, 0.15) is 6.04 Å². The van der Waals surface area contributed by atoms with Crippen LogP contribution in [-0.2, 0) is 11.3 Å². The van der Waals surface area contributed by atoms with Crippen molar-refractivity contribution in [3.8, 4) is 6.07 Å². The Morgan fingerprint density at radius 1 is 1.04 bits per heavy atom. The van der Waals surface area contributed by atoms with E-state index in [0.29, 0.717) is 24.2 Å². The van der Waals surface area contributed by atoms with Crippen LogP contribution in [0.3, 0.4) is 0 Å². The topological polar surface area (TPSA) is 84.7 Å². The minimum Gasteiger partial charge on any atom is -0.334 e. The molecule has 7 heteroatoms. The Kier molecular flexibility index (Phi) is 4.53. The van der Waals surface area contributed by atoms with Gasteiger partial charge < -0.3 is 9.80 Å². The minimum atomic E-state index is -0.646. The molecule has 0 spiro atoms. The molecule has 0 N–H and O–H groups in total. The van der Waals surface area contributed by atoms with E-state index in [1.807, 2.05) is 36.4 Å². The summed E-state index contributed by atoms with van der Waals surface area (Å²) in [5.41, 5.74) is 1.83. The summed E-state index contributed by atoms with van der Waals surface area (Å²) in [6, 6.07) is 16.8. The molecule has 2 saturated heterocycles. The molecule has 0 unspecified atom stereocenters. The fourth-order valence-corrected chi connectivity index (χ4v) is 3.62. The molecule has 7 nitrogen and oxygen atoms in total. The molecule has 2 aromatic rings. The van der Waals surface area contributed by atoms with E-state index >= 15 is 0 Å². The molecule has 0 saturated carbocycles. The summed E-state index contributed by atoms with van der Waals surface area (Å²) in [7, 11) is 0. The molecular weight excluding hydrogens is 356 g/mol. The fraction of sp³-hybridized carbons (Fsp3) is 0.238. The third kappa shape index (κ3) is 3.09. The van der Waals surface area contributed by atoms with Gasteiger partial charge in [-0.1, -0.05) is 30.3 Å². The molecule has 0 bridgehead atoms. The van der Waals surface area contributed by atoms with E-state index in [9.17, 15) is 14.4 Å². The number of piperazine rings is 1. The Labute approximate surface area is 162 Å². The van der Waals surface area contributed by atoms with Crippen LogP contribution in [0, 0.1) is 11.3 Å². The molecule has 28 heavy (non-hydrogen) atoms. The third-order valence-corrected chi connectivity index (χ3v) is 5.14. The highest BCUT2D eigenvalue weighted by Crippen LogP contribution is 2.24. The predicted octanol–water partition coefficient (Wildman–Crippen LogP) is 1.85. The summed E-state index contributed by atoms with van der Waals surface area (Å²) in [4.78, 5) is 42.7. The second-order valence-electron chi connectivity index (χ2n) is 6.84. The number of hydrogen-bond donors (Lipinski definition) is 0. The number of carbonyl (C=O) groups is 3. The van der Waals surface area contributed by atoms with Crippen molar-refractivity contribution in [2.24, 2.45) is 0 Å². The molecule has 2 aliphatic rings. The number of imide groups is 1. The second kappa shape index (κ2) is 7.16. The van der Waals surface area contributed by atoms with Crippen molar-refractivity contribution >= 4 is 17.8 Å². The molecule has 2 aromatic carbocycles. The third-order valence-electron chi connectivity index (χ3n) is 5.14. The van der Waals surface area contributed by atoms with Gasteiger partial charge in [0.2, 0.25) is 0 Å². The maximum Gasteiger partial charge on any atom is 0.327 e. The van der Waals surface area contributed by atoms with Gasteiger partial charge >= 0.3 is 6.03 Å². The average Bonchev–Trinajstić information content (AvgIpc) is 2.98. The zero-order valence-corrected chi connectivity index (χ0v) is 15.1. The van der Waals surface area contributed by atoms with E-state index in [-0.39, 0.29) is 30.9 Å². The number of carbonyl (C=O) groups excluding carboxylic acids is 3. The van der Waals surface area contributed by atoms with Gasteiger partial charge in [-0.05, 0) is 29.8 Å². The number of benzene rings is 2. The van der Waals surface area contributed by atoms with Crippen molar-refractivity contribution in [3.63, 3.8) is 0 Å². The highest BCUT2D eigenvalue weighted by molar-refractivity contribution is 6.05. The number of nitriles is 1. The number of rotatable bonds is 3. The maximum atomic E-state index is 12.8. The van der Waals surface area contributed by atoms with Crippen molar-refractivity contribution in [3.05, 3.63) is 71.3 Å². The molecule has 0 radical (unpaired) electrons. The van der Waals surface area contributed by atoms with E-state index < -0.39 is 6.04 Å². The molecule has 1 atom stereocenters. The van der Waals surface area contributed by atoms with Crippen molar-refractivity contribution in [2.75, 3.05) is 19.6 Å². The average molecular weight is 374 g/mol. The lowest BCUT2D eigenvalue weighted by molar-refractivity contribution is -0.129. The van der Waals surface area contributed by atoms with E-state index in [1.54, 1.807) is 34.1 Å². The summed E-state index contributed by atoms with van der Waals surface area (Å²) in [6.45, 7) is 1.10. The van der Waals surface area contributed by atoms with Gasteiger partial charge in [-0.3, -0.25) is 14.5 Å². The van der Waals surface area contributed by atoms with E-state index in [4.69, 9.17) is 5.26 Å². The molecule has 2 heterocycles. The van der Waals surface area contributed by atoms with Crippen LogP contribution in [0.5, 0.6) is 0 Å². The second-order valence-corrected chi connectivity index (χ2v) is 6.84. The molecular formula is C21H18N4O3. The zero-order valence-electron chi connectivity index (χ0n) is 15.1. The van der Waals surface area contributed by atoms with Crippen LogP contribution in [0.25, 0.3) is 0 Å². The Morgan fingerprint density at radius 3 is 2.43 bits per heavy atom. The quantitative estimate of drug-likeness (QED) is 0.768. The number of fused-ring (bicyclic) bond motifs is 1. The van der Waals surface area contributed by atoms with Crippen LogP contribution in [-0.4, -0.2) is 58.2 Å². The molecule has 2 aliphatic heterocycles. The molecule has 4 amide bonds.